The smallest absolute Gasteiger partial charge is 0.260 e. The molecule has 162 valence electrons. The summed E-state index contributed by atoms with van der Waals surface area (Å²) in [6, 6.07) is 5.92. The molecule has 0 aromatic heterocycles. The van der Waals surface area contributed by atoms with Crippen molar-refractivity contribution in [2.24, 2.45) is 23.2 Å². The summed E-state index contributed by atoms with van der Waals surface area (Å²) in [4.78, 5) is 30.1. The van der Waals surface area contributed by atoms with Crippen molar-refractivity contribution >= 4 is 11.8 Å². The first-order valence-electron chi connectivity index (χ1n) is 11.7. The van der Waals surface area contributed by atoms with E-state index in [1.807, 2.05) is 36.9 Å². The number of nitrogens with zero attached hydrogens (tertiary/aromatic N) is 2. The molecule has 1 aromatic carbocycles. The first-order chi connectivity index (χ1) is 14.4. The molecule has 30 heavy (non-hydrogen) atoms. The van der Waals surface area contributed by atoms with Crippen LogP contribution in [0.5, 0.6) is 5.75 Å². The molecule has 0 radical (unpaired) electrons. The Labute approximate surface area is 179 Å². The van der Waals surface area contributed by atoms with Crippen molar-refractivity contribution in [1.82, 2.24) is 9.80 Å². The number of rotatable bonds is 4. The fourth-order valence-electron chi connectivity index (χ4n) is 6.98. The van der Waals surface area contributed by atoms with E-state index in [-0.39, 0.29) is 17.9 Å². The summed E-state index contributed by atoms with van der Waals surface area (Å²) < 4.78 is 5.80. The zero-order chi connectivity index (χ0) is 20.9. The Morgan fingerprint density at radius 2 is 1.50 bits per heavy atom. The van der Waals surface area contributed by atoms with E-state index in [0.29, 0.717) is 32.1 Å². The molecule has 5 fully saturated rings. The maximum absolute atomic E-state index is 13.5. The summed E-state index contributed by atoms with van der Waals surface area (Å²) in [5, 5.41) is 0. The van der Waals surface area contributed by atoms with Crippen molar-refractivity contribution in [3.63, 3.8) is 0 Å². The molecule has 6 rings (SSSR count). The second-order valence-corrected chi connectivity index (χ2v) is 10.4. The molecule has 0 atom stereocenters. The van der Waals surface area contributed by atoms with Gasteiger partial charge in [-0.3, -0.25) is 9.59 Å². The van der Waals surface area contributed by atoms with E-state index in [4.69, 9.17) is 4.74 Å². The Kier molecular flexibility index (Phi) is 5.03. The van der Waals surface area contributed by atoms with E-state index in [0.717, 1.165) is 53.9 Å². The van der Waals surface area contributed by atoms with Crippen LogP contribution in [0.15, 0.2) is 18.2 Å². The van der Waals surface area contributed by atoms with Gasteiger partial charge in [-0.2, -0.15) is 0 Å². The number of benzene rings is 1. The molecule has 4 saturated carbocycles. The third kappa shape index (κ3) is 3.50. The van der Waals surface area contributed by atoms with Crippen LogP contribution in [0.25, 0.3) is 0 Å². The number of carbonyl (C=O) groups is 2. The maximum atomic E-state index is 13.5. The normalized spacial score (nSPS) is 32.4. The third-order valence-electron chi connectivity index (χ3n) is 8.32. The van der Waals surface area contributed by atoms with Gasteiger partial charge in [-0.1, -0.05) is 12.1 Å². The van der Waals surface area contributed by atoms with Crippen molar-refractivity contribution in [3.05, 3.63) is 29.3 Å². The number of hydrogen-bond acceptors (Lipinski definition) is 3. The average Bonchev–Trinajstić information content (AvgIpc) is 2.73. The van der Waals surface area contributed by atoms with Crippen LogP contribution < -0.4 is 4.74 Å². The van der Waals surface area contributed by atoms with Gasteiger partial charge >= 0.3 is 0 Å². The lowest BCUT2D eigenvalue weighted by Crippen LogP contribution is -2.58. The zero-order valence-electron chi connectivity index (χ0n) is 18.4. The molecule has 1 aliphatic heterocycles. The summed E-state index contributed by atoms with van der Waals surface area (Å²) in [6.07, 6.45) is 7.40. The van der Waals surface area contributed by atoms with Crippen molar-refractivity contribution in [2.45, 2.75) is 52.4 Å². The van der Waals surface area contributed by atoms with Crippen molar-refractivity contribution in [2.75, 3.05) is 32.8 Å². The lowest BCUT2D eigenvalue weighted by atomic mass is 9.49. The molecule has 0 unspecified atom stereocenters. The first-order valence-corrected chi connectivity index (χ1v) is 11.7. The molecule has 0 spiro atoms. The first kappa shape index (κ1) is 19.9. The van der Waals surface area contributed by atoms with Crippen LogP contribution >= 0.6 is 0 Å². The van der Waals surface area contributed by atoms with E-state index >= 15 is 0 Å². The van der Waals surface area contributed by atoms with Crippen LogP contribution in [-0.4, -0.2) is 54.4 Å². The van der Waals surface area contributed by atoms with Crippen molar-refractivity contribution in [3.8, 4) is 5.75 Å². The van der Waals surface area contributed by atoms with Crippen molar-refractivity contribution in [1.29, 1.82) is 0 Å². The Balaban J connectivity index is 1.15. The van der Waals surface area contributed by atoms with Crippen LogP contribution in [-0.2, 0) is 9.59 Å². The number of carbonyl (C=O) groups excluding carboxylic acids is 2. The second kappa shape index (κ2) is 7.58. The van der Waals surface area contributed by atoms with Gasteiger partial charge in [0.2, 0.25) is 5.91 Å². The molecular weight excluding hydrogens is 376 g/mol. The second-order valence-electron chi connectivity index (χ2n) is 10.4. The van der Waals surface area contributed by atoms with Gasteiger partial charge in [0.15, 0.2) is 6.61 Å². The average molecular weight is 411 g/mol. The SMILES string of the molecule is Cc1cccc(OCC(=O)N2CCN(C(=O)C34CC5CC(CC(C5)C3)C4)CC2)c1C. The molecular formula is C25H34N2O3. The van der Waals surface area contributed by atoms with Gasteiger partial charge in [-0.25, -0.2) is 0 Å². The summed E-state index contributed by atoms with van der Waals surface area (Å²) in [5.41, 5.74) is 2.17. The van der Waals surface area contributed by atoms with Gasteiger partial charge in [0.05, 0.1) is 5.41 Å². The minimum atomic E-state index is -0.0767. The van der Waals surface area contributed by atoms with Gasteiger partial charge < -0.3 is 14.5 Å². The van der Waals surface area contributed by atoms with E-state index in [1.54, 1.807) is 0 Å². The lowest BCUT2D eigenvalue weighted by molar-refractivity contribution is -0.160. The Morgan fingerprint density at radius 1 is 0.933 bits per heavy atom. The van der Waals surface area contributed by atoms with E-state index in [1.165, 1.54) is 19.3 Å². The molecule has 1 aromatic rings. The van der Waals surface area contributed by atoms with Crippen LogP contribution in [0, 0.1) is 37.0 Å². The fourth-order valence-corrected chi connectivity index (χ4v) is 6.98. The monoisotopic (exact) mass is 410 g/mol. The molecule has 5 heteroatoms. The Bertz CT molecular complexity index is 806. The number of hydrogen-bond donors (Lipinski definition) is 0. The van der Waals surface area contributed by atoms with Gasteiger partial charge in [0.1, 0.15) is 5.75 Å². The largest absolute Gasteiger partial charge is 0.483 e. The molecule has 0 N–H and O–H groups in total. The lowest BCUT2D eigenvalue weighted by Gasteiger charge is -2.57. The highest BCUT2D eigenvalue weighted by atomic mass is 16.5. The third-order valence-corrected chi connectivity index (χ3v) is 8.32. The van der Waals surface area contributed by atoms with Gasteiger partial charge in [0, 0.05) is 26.2 Å². The zero-order valence-corrected chi connectivity index (χ0v) is 18.4. The predicted octanol–water partition coefficient (Wildman–Crippen LogP) is 3.57. The summed E-state index contributed by atoms with van der Waals surface area (Å²) in [7, 11) is 0. The minimum Gasteiger partial charge on any atom is -0.483 e. The topological polar surface area (TPSA) is 49.9 Å². The highest BCUT2D eigenvalue weighted by molar-refractivity contribution is 5.84. The van der Waals surface area contributed by atoms with Crippen LogP contribution in [0.2, 0.25) is 0 Å². The number of piperazine rings is 1. The van der Waals surface area contributed by atoms with Gasteiger partial charge in [-0.15, -0.1) is 0 Å². The summed E-state index contributed by atoms with van der Waals surface area (Å²) in [5.74, 6) is 3.53. The number of amides is 2. The fraction of sp³-hybridized carbons (Fsp3) is 0.680. The molecule has 4 aliphatic carbocycles. The van der Waals surface area contributed by atoms with Gasteiger partial charge in [-0.05, 0) is 87.3 Å². The highest BCUT2D eigenvalue weighted by Gasteiger charge is 2.55. The molecule has 4 bridgehead atoms. The van der Waals surface area contributed by atoms with Gasteiger partial charge in [0.25, 0.3) is 5.91 Å². The highest BCUT2D eigenvalue weighted by Crippen LogP contribution is 2.60. The Hall–Kier alpha value is -2.04. The maximum Gasteiger partial charge on any atom is 0.260 e. The van der Waals surface area contributed by atoms with Crippen molar-refractivity contribution < 1.29 is 14.3 Å². The molecule has 5 nitrogen and oxygen atoms in total. The standard InChI is InChI=1S/C25H34N2O3/c1-17-4-3-5-22(18(17)2)30-16-23(28)26-6-8-27(9-7-26)24(29)25-13-19-10-20(14-25)12-21(11-19)15-25/h3-5,19-21H,6-16H2,1-2H3. The number of ether oxygens (including phenoxy) is 1. The van der Waals surface area contributed by atoms with Crippen LogP contribution in [0.3, 0.4) is 0 Å². The molecule has 1 saturated heterocycles. The van der Waals surface area contributed by atoms with E-state index < -0.39 is 0 Å². The van der Waals surface area contributed by atoms with Crippen LogP contribution in [0.1, 0.15) is 49.7 Å². The molecule has 1 heterocycles. The Morgan fingerprint density at radius 3 is 2.10 bits per heavy atom. The molecule has 2 amide bonds. The summed E-state index contributed by atoms with van der Waals surface area (Å²) >= 11 is 0. The van der Waals surface area contributed by atoms with Crippen LogP contribution in [0.4, 0.5) is 0 Å². The minimum absolute atomic E-state index is 0.0119. The molecule has 5 aliphatic rings. The number of aryl methyl sites for hydroxylation is 1. The van der Waals surface area contributed by atoms with E-state index in [2.05, 4.69) is 4.90 Å². The van der Waals surface area contributed by atoms with E-state index in [9.17, 15) is 9.59 Å². The summed E-state index contributed by atoms with van der Waals surface area (Å²) in [6.45, 7) is 6.69. The predicted molar refractivity (Wildman–Crippen MR) is 115 cm³/mol. The quantitative estimate of drug-likeness (QED) is 0.763.